The molecule has 8 heteroatoms. The first kappa shape index (κ1) is 27.7. The summed E-state index contributed by atoms with van der Waals surface area (Å²) < 4.78 is 8.59. The van der Waals surface area contributed by atoms with E-state index in [0.29, 0.717) is 50.5 Å². The van der Waals surface area contributed by atoms with E-state index >= 15 is 0 Å². The van der Waals surface area contributed by atoms with Gasteiger partial charge in [0.05, 0.1) is 17.9 Å². The highest BCUT2D eigenvalue weighted by Gasteiger charge is 2.37. The predicted octanol–water partition coefficient (Wildman–Crippen LogP) is 5.24. The minimum Gasteiger partial charge on any atom is -0.415 e. The first-order valence-electron chi connectivity index (χ1n) is 13.3. The molecule has 38 heavy (non-hydrogen) atoms. The number of aromatic nitrogens is 1. The summed E-state index contributed by atoms with van der Waals surface area (Å²) in [6.45, 7) is 15.2. The van der Waals surface area contributed by atoms with Gasteiger partial charge in [-0.25, -0.2) is 0 Å². The molecule has 2 aromatic carbocycles. The van der Waals surface area contributed by atoms with Crippen LogP contribution in [0, 0.1) is 0 Å². The van der Waals surface area contributed by atoms with Crippen LogP contribution >= 0.6 is 0 Å². The Kier molecular flexibility index (Phi) is 8.13. The second kappa shape index (κ2) is 11.2. The number of primary amides is 1. The van der Waals surface area contributed by atoms with Crippen molar-refractivity contribution < 1.29 is 14.0 Å². The predicted molar refractivity (Wildman–Crippen MR) is 156 cm³/mol. The number of rotatable bonds is 8. The molecule has 0 spiro atoms. The lowest BCUT2D eigenvalue weighted by molar-refractivity contribution is 0.0747. The molecular formula is C30H40N4O3Si. The van der Waals surface area contributed by atoms with Gasteiger partial charge in [-0.15, -0.1) is 0 Å². The maximum atomic E-state index is 13.8. The van der Waals surface area contributed by atoms with Crippen molar-refractivity contribution in [1.82, 2.24) is 9.47 Å². The lowest BCUT2D eigenvalue weighted by Crippen LogP contribution is -2.48. The zero-order chi connectivity index (χ0) is 27.5. The molecule has 0 radical (unpaired) electrons. The quantitative estimate of drug-likeness (QED) is 0.403. The Morgan fingerprint density at radius 2 is 1.63 bits per heavy atom. The number of anilines is 1. The third kappa shape index (κ3) is 6.02. The number of hydrogen-bond acceptors (Lipinski definition) is 4. The van der Waals surface area contributed by atoms with Gasteiger partial charge in [0.15, 0.2) is 8.32 Å². The van der Waals surface area contributed by atoms with Gasteiger partial charge in [0.2, 0.25) is 5.91 Å². The van der Waals surface area contributed by atoms with Crippen LogP contribution in [0.15, 0.2) is 66.9 Å². The fraction of sp³-hybridized carbons (Fsp3) is 0.400. The molecule has 2 amide bonds. The summed E-state index contributed by atoms with van der Waals surface area (Å²) in [5, 5.41) is 0.149. The van der Waals surface area contributed by atoms with E-state index in [2.05, 4.69) is 55.5 Å². The first-order chi connectivity index (χ1) is 18.0. The lowest BCUT2D eigenvalue weighted by Gasteiger charge is -2.36. The minimum atomic E-state index is -1.86. The molecule has 0 saturated carbocycles. The summed E-state index contributed by atoms with van der Waals surface area (Å²) in [5.41, 5.74) is 9.57. The van der Waals surface area contributed by atoms with Gasteiger partial charge in [-0.1, -0.05) is 57.2 Å². The summed E-state index contributed by atoms with van der Waals surface area (Å²) in [4.78, 5) is 29.5. The van der Waals surface area contributed by atoms with Crippen LogP contribution in [0.3, 0.4) is 0 Å². The number of benzene rings is 2. The van der Waals surface area contributed by atoms with Crippen LogP contribution < -0.4 is 10.6 Å². The molecule has 1 aliphatic heterocycles. The second-order valence-corrected chi connectivity index (χ2v) is 16.2. The lowest BCUT2D eigenvalue weighted by atomic mass is 10.1. The third-order valence-corrected chi connectivity index (χ3v) is 12.4. The average molecular weight is 533 g/mol. The Hall–Kier alpha value is -3.36. The number of amides is 2. The van der Waals surface area contributed by atoms with Crippen molar-refractivity contribution in [2.45, 2.75) is 45.4 Å². The van der Waals surface area contributed by atoms with E-state index in [1.54, 1.807) is 6.07 Å². The minimum absolute atomic E-state index is 0.0402. The number of hydrogen-bond donors (Lipinski definition) is 1. The van der Waals surface area contributed by atoms with Crippen molar-refractivity contribution in [3.05, 3.63) is 78.0 Å². The molecule has 1 aromatic heterocycles. The van der Waals surface area contributed by atoms with Crippen molar-refractivity contribution in [2.24, 2.45) is 5.73 Å². The third-order valence-electron chi connectivity index (χ3n) is 7.91. The molecule has 0 aliphatic carbocycles. The molecule has 1 saturated heterocycles. The highest BCUT2D eigenvalue weighted by Crippen LogP contribution is 2.36. The molecule has 7 nitrogen and oxygen atoms in total. The van der Waals surface area contributed by atoms with Gasteiger partial charge in [0.25, 0.3) is 5.91 Å². The molecule has 4 rings (SSSR count). The number of piperazine rings is 1. The molecule has 0 atom stereocenters. The smallest absolute Gasteiger partial charge is 0.256 e. The fourth-order valence-corrected chi connectivity index (χ4v) is 5.59. The van der Waals surface area contributed by atoms with Crippen LogP contribution in [-0.2, 0) is 11.0 Å². The van der Waals surface area contributed by atoms with Crippen molar-refractivity contribution in [2.75, 3.05) is 37.7 Å². The highest BCUT2D eigenvalue weighted by atomic mass is 28.4. The van der Waals surface area contributed by atoms with Gasteiger partial charge >= 0.3 is 0 Å². The van der Waals surface area contributed by atoms with Crippen LogP contribution in [0.25, 0.3) is 11.3 Å². The summed E-state index contributed by atoms with van der Waals surface area (Å²) in [5.74, 6) is -0.396. The normalized spacial score (nSPS) is 14.6. The Balaban J connectivity index is 1.50. The maximum absolute atomic E-state index is 13.8. The van der Waals surface area contributed by atoms with Crippen LogP contribution in [0.1, 0.15) is 41.5 Å². The van der Waals surface area contributed by atoms with E-state index < -0.39 is 14.2 Å². The zero-order valence-electron chi connectivity index (χ0n) is 23.2. The average Bonchev–Trinajstić information content (AvgIpc) is 3.32. The Morgan fingerprint density at radius 1 is 0.947 bits per heavy atom. The SMILES string of the molecule is CC(C)(C)[Si](C)(C)OCCn1ccc(C(=O)N2CCN(c3cccc(C(N)=O)c3)CC2)c1-c1ccccc1. The molecular weight excluding hydrogens is 492 g/mol. The molecule has 202 valence electrons. The van der Waals surface area contributed by atoms with E-state index in [9.17, 15) is 9.59 Å². The van der Waals surface area contributed by atoms with Crippen LogP contribution in [-0.4, -0.2) is 62.4 Å². The van der Waals surface area contributed by atoms with Crippen LogP contribution in [0.4, 0.5) is 5.69 Å². The molecule has 0 unspecified atom stereocenters. The topological polar surface area (TPSA) is 80.8 Å². The number of nitrogens with two attached hydrogens (primary N) is 1. The van der Waals surface area contributed by atoms with Gasteiger partial charge in [-0.05, 0) is 48.0 Å². The summed E-state index contributed by atoms with van der Waals surface area (Å²) in [7, 11) is -1.86. The first-order valence-corrected chi connectivity index (χ1v) is 16.2. The molecule has 1 aliphatic rings. The van der Waals surface area contributed by atoms with Gasteiger partial charge in [-0.3, -0.25) is 9.59 Å². The van der Waals surface area contributed by atoms with E-state index in [1.807, 2.05) is 53.6 Å². The molecule has 2 heterocycles. The molecule has 0 bridgehead atoms. The Morgan fingerprint density at radius 3 is 2.26 bits per heavy atom. The zero-order valence-corrected chi connectivity index (χ0v) is 24.2. The summed E-state index contributed by atoms with van der Waals surface area (Å²) in [6.07, 6.45) is 2.01. The standard InChI is InChI=1S/C30H40N4O3Si/c1-30(2,3)38(4,5)37-21-20-33-15-14-26(27(33)23-10-7-6-8-11-23)29(36)34-18-16-32(17-19-34)25-13-9-12-24(22-25)28(31)35/h6-15,22H,16-21H2,1-5H3,(H2,31,35). The summed E-state index contributed by atoms with van der Waals surface area (Å²) >= 11 is 0. The monoisotopic (exact) mass is 532 g/mol. The van der Waals surface area contributed by atoms with Gasteiger partial charge < -0.3 is 24.5 Å². The maximum Gasteiger partial charge on any atom is 0.256 e. The molecule has 1 fully saturated rings. The van der Waals surface area contributed by atoms with E-state index in [1.165, 1.54) is 0 Å². The van der Waals surface area contributed by atoms with Crippen molar-refractivity contribution in [3.63, 3.8) is 0 Å². The van der Waals surface area contributed by atoms with Gasteiger partial charge in [0.1, 0.15) is 0 Å². The second-order valence-electron chi connectivity index (χ2n) is 11.4. The van der Waals surface area contributed by atoms with Gasteiger partial charge in [0, 0.05) is 50.2 Å². The van der Waals surface area contributed by atoms with Crippen molar-refractivity contribution >= 4 is 25.8 Å². The fourth-order valence-electron chi connectivity index (χ4n) is 4.56. The molecule has 3 aromatic rings. The largest absolute Gasteiger partial charge is 0.415 e. The number of carbonyl (C=O) groups is 2. The number of nitrogens with zero attached hydrogens (tertiary/aromatic N) is 3. The van der Waals surface area contributed by atoms with E-state index in [0.717, 1.165) is 16.9 Å². The van der Waals surface area contributed by atoms with E-state index in [4.69, 9.17) is 10.2 Å². The highest BCUT2D eigenvalue weighted by molar-refractivity contribution is 6.74. The number of carbonyl (C=O) groups excluding carboxylic acids is 2. The van der Waals surface area contributed by atoms with Gasteiger partial charge in [-0.2, -0.15) is 0 Å². The van der Waals surface area contributed by atoms with E-state index in [-0.39, 0.29) is 10.9 Å². The van der Waals surface area contributed by atoms with Crippen LogP contribution in [0.5, 0.6) is 0 Å². The van der Waals surface area contributed by atoms with Crippen molar-refractivity contribution in [3.8, 4) is 11.3 Å². The summed E-state index contributed by atoms with van der Waals surface area (Å²) in [6, 6.07) is 19.4. The Bertz CT molecular complexity index is 1270. The van der Waals surface area contributed by atoms with Crippen LogP contribution in [0.2, 0.25) is 18.1 Å². The Labute approximate surface area is 227 Å². The molecule has 2 N–H and O–H groups in total. The van der Waals surface area contributed by atoms with Crippen molar-refractivity contribution in [1.29, 1.82) is 0 Å².